The first kappa shape index (κ1) is 17.9. The Bertz CT molecular complexity index is 737. The average Bonchev–Trinajstić information content (AvgIpc) is 2.75. The standard InChI is InChI=1S/C21H26N4O2/c26-21(19-6-7-20(22-16-19)24-12-14-27-15-13-24)25-10-8-23(9-11-25)17-18-4-2-1-3-5-18/h1-7,16H,8-15,17H2. The first-order valence-corrected chi connectivity index (χ1v) is 9.64. The van der Waals surface area contributed by atoms with E-state index in [0.717, 1.165) is 64.8 Å². The monoisotopic (exact) mass is 366 g/mol. The van der Waals surface area contributed by atoms with Crippen molar-refractivity contribution in [1.29, 1.82) is 0 Å². The van der Waals surface area contributed by atoms with Gasteiger partial charge < -0.3 is 14.5 Å². The van der Waals surface area contributed by atoms with Crippen molar-refractivity contribution in [2.24, 2.45) is 0 Å². The maximum Gasteiger partial charge on any atom is 0.255 e. The van der Waals surface area contributed by atoms with Gasteiger partial charge in [-0.15, -0.1) is 0 Å². The molecule has 0 radical (unpaired) electrons. The van der Waals surface area contributed by atoms with E-state index in [-0.39, 0.29) is 5.91 Å². The summed E-state index contributed by atoms with van der Waals surface area (Å²) < 4.78 is 5.37. The van der Waals surface area contributed by atoms with E-state index in [0.29, 0.717) is 5.56 Å². The zero-order valence-corrected chi connectivity index (χ0v) is 15.6. The number of carbonyl (C=O) groups is 1. The molecule has 0 atom stereocenters. The molecule has 3 heterocycles. The maximum atomic E-state index is 12.8. The van der Waals surface area contributed by atoms with Crippen molar-refractivity contribution in [2.45, 2.75) is 6.54 Å². The van der Waals surface area contributed by atoms with Gasteiger partial charge >= 0.3 is 0 Å². The highest BCUT2D eigenvalue weighted by atomic mass is 16.5. The minimum atomic E-state index is 0.0791. The molecule has 0 saturated carbocycles. The highest BCUT2D eigenvalue weighted by molar-refractivity contribution is 5.94. The second-order valence-electron chi connectivity index (χ2n) is 7.06. The summed E-state index contributed by atoms with van der Waals surface area (Å²) in [5.74, 6) is 0.998. The van der Waals surface area contributed by atoms with Gasteiger partial charge in [0.1, 0.15) is 5.82 Å². The van der Waals surface area contributed by atoms with Crippen molar-refractivity contribution in [3.8, 4) is 0 Å². The van der Waals surface area contributed by atoms with Crippen LogP contribution in [0, 0.1) is 0 Å². The van der Waals surface area contributed by atoms with Gasteiger partial charge in [0.05, 0.1) is 18.8 Å². The summed E-state index contributed by atoms with van der Waals surface area (Å²) in [7, 11) is 0. The van der Waals surface area contributed by atoms with Crippen LogP contribution in [0.2, 0.25) is 0 Å². The summed E-state index contributed by atoms with van der Waals surface area (Å²) >= 11 is 0. The number of aromatic nitrogens is 1. The first-order valence-electron chi connectivity index (χ1n) is 9.64. The van der Waals surface area contributed by atoms with E-state index in [1.54, 1.807) is 6.20 Å². The molecule has 0 N–H and O–H groups in total. The van der Waals surface area contributed by atoms with Crippen LogP contribution in [-0.4, -0.2) is 73.2 Å². The fourth-order valence-corrected chi connectivity index (χ4v) is 3.63. The van der Waals surface area contributed by atoms with Crippen LogP contribution in [0.15, 0.2) is 48.7 Å². The Balaban J connectivity index is 1.31. The molecule has 2 aliphatic rings. The number of nitrogens with zero attached hydrogens (tertiary/aromatic N) is 4. The van der Waals surface area contributed by atoms with Crippen LogP contribution in [0.3, 0.4) is 0 Å². The van der Waals surface area contributed by atoms with Crippen LogP contribution >= 0.6 is 0 Å². The molecule has 0 aliphatic carbocycles. The summed E-state index contributed by atoms with van der Waals surface area (Å²) in [5, 5.41) is 0. The number of rotatable bonds is 4. The van der Waals surface area contributed by atoms with Crippen molar-refractivity contribution in [1.82, 2.24) is 14.8 Å². The van der Waals surface area contributed by atoms with Gasteiger partial charge in [0.15, 0.2) is 0 Å². The van der Waals surface area contributed by atoms with Gasteiger partial charge in [-0.2, -0.15) is 0 Å². The topological polar surface area (TPSA) is 48.9 Å². The molecule has 6 heteroatoms. The van der Waals surface area contributed by atoms with Gasteiger partial charge in [0, 0.05) is 52.0 Å². The number of benzene rings is 1. The van der Waals surface area contributed by atoms with Gasteiger partial charge in [-0.25, -0.2) is 4.98 Å². The zero-order valence-electron chi connectivity index (χ0n) is 15.6. The highest BCUT2D eigenvalue weighted by Crippen LogP contribution is 2.15. The first-order chi connectivity index (χ1) is 13.3. The summed E-state index contributed by atoms with van der Waals surface area (Å²) in [4.78, 5) is 23.8. The van der Waals surface area contributed by atoms with Gasteiger partial charge in [-0.1, -0.05) is 30.3 Å². The van der Waals surface area contributed by atoms with Gasteiger partial charge in [0.25, 0.3) is 5.91 Å². The molecule has 6 nitrogen and oxygen atoms in total. The van der Waals surface area contributed by atoms with Crippen molar-refractivity contribution in [3.05, 3.63) is 59.8 Å². The minimum Gasteiger partial charge on any atom is -0.378 e. The SMILES string of the molecule is O=C(c1ccc(N2CCOCC2)nc1)N1CCN(Cc2ccccc2)CC1. The normalized spacial score (nSPS) is 18.5. The van der Waals surface area contributed by atoms with Crippen LogP contribution in [0.25, 0.3) is 0 Å². The Morgan fingerprint density at radius 2 is 1.67 bits per heavy atom. The lowest BCUT2D eigenvalue weighted by Crippen LogP contribution is -2.48. The molecule has 0 spiro atoms. The number of anilines is 1. The number of amides is 1. The molecule has 2 saturated heterocycles. The molecular formula is C21H26N4O2. The number of ether oxygens (including phenoxy) is 1. The molecule has 2 fully saturated rings. The molecule has 2 aromatic rings. The number of hydrogen-bond acceptors (Lipinski definition) is 5. The number of piperazine rings is 1. The quantitative estimate of drug-likeness (QED) is 0.827. The molecule has 1 aromatic carbocycles. The number of morpholine rings is 1. The van der Waals surface area contributed by atoms with Crippen LogP contribution < -0.4 is 4.90 Å². The molecule has 0 unspecified atom stereocenters. The third kappa shape index (κ3) is 4.46. The van der Waals surface area contributed by atoms with E-state index in [9.17, 15) is 4.79 Å². The third-order valence-electron chi connectivity index (χ3n) is 5.24. The van der Waals surface area contributed by atoms with Gasteiger partial charge in [0.2, 0.25) is 0 Å². The number of hydrogen-bond donors (Lipinski definition) is 0. The van der Waals surface area contributed by atoms with Crippen LogP contribution in [0.5, 0.6) is 0 Å². The zero-order chi connectivity index (χ0) is 18.5. The molecule has 1 amide bonds. The van der Waals surface area contributed by atoms with Crippen molar-refractivity contribution in [2.75, 3.05) is 57.4 Å². The fraction of sp³-hybridized carbons (Fsp3) is 0.429. The van der Waals surface area contributed by atoms with Crippen molar-refractivity contribution < 1.29 is 9.53 Å². The molecule has 2 aliphatic heterocycles. The third-order valence-corrected chi connectivity index (χ3v) is 5.24. The van der Waals surface area contributed by atoms with E-state index >= 15 is 0 Å². The Labute approximate surface area is 160 Å². The fourth-order valence-electron chi connectivity index (χ4n) is 3.63. The summed E-state index contributed by atoms with van der Waals surface area (Å²) in [5.41, 5.74) is 1.99. The minimum absolute atomic E-state index is 0.0791. The molecular weight excluding hydrogens is 340 g/mol. The molecule has 0 bridgehead atoms. The largest absolute Gasteiger partial charge is 0.378 e. The Morgan fingerprint density at radius 3 is 2.33 bits per heavy atom. The molecule has 142 valence electrons. The Kier molecular flexibility index (Phi) is 5.65. The predicted octanol–water partition coefficient (Wildman–Crippen LogP) is 1.88. The second-order valence-corrected chi connectivity index (χ2v) is 7.06. The number of carbonyl (C=O) groups excluding carboxylic acids is 1. The van der Waals surface area contributed by atoms with E-state index in [4.69, 9.17) is 4.74 Å². The van der Waals surface area contributed by atoms with E-state index < -0.39 is 0 Å². The van der Waals surface area contributed by atoms with Crippen molar-refractivity contribution in [3.63, 3.8) is 0 Å². The lowest BCUT2D eigenvalue weighted by molar-refractivity contribution is 0.0628. The molecule has 27 heavy (non-hydrogen) atoms. The van der Waals surface area contributed by atoms with Gasteiger partial charge in [-0.05, 0) is 17.7 Å². The van der Waals surface area contributed by atoms with E-state index in [1.807, 2.05) is 23.1 Å². The van der Waals surface area contributed by atoms with E-state index in [2.05, 4.69) is 39.0 Å². The maximum absolute atomic E-state index is 12.8. The predicted molar refractivity (Wildman–Crippen MR) is 105 cm³/mol. The van der Waals surface area contributed by atoms with E-state index in [1.165, 1.54) is 5.56 Å². The average molecular weight is 366 g/mol. The smallest absolute Gasteiger partial charge is 0.255 e. The Morgan fingerprint density at radius 1 is 0.926 bits per heavy atom. The van der Waals surface area contributed by atoms with Crippen LogP contribution in [0.1, 0.15) is 15.9 Å². The number of pyridine rings is 1. The second kappa shape index (κ2) is 8.50. The van der Waals surface area contributed by atoms with Gasteiger partial charge in [-0.3, -0.25) is 9.69 Å². The molecule has 4 rings (SSSR count). The summed E-state index contributed by atoms with van der Waals surface area (Å²) in [6.45, 7) is 7.44. The lowest BCUT2D eigenvalue weighted by atomic mass is 10.2. The summed E-state index contributed by atoms with van der Waals surface area (Å²) in [6.07, 6.45) is 1.71. The Hall–Kier alpha value is -2.44. The highest BCUT2D eigenvalue weighted by Gasteiger charge is 2.22. The van der Waals surface area contributed by atoms with Crippen LogP contribution in [-0.2, 0) is 11.3 Å². The van der Waals surface area contributed by atoms with Crippen molar-refractivity contribution >= 4 is 11.7 Å². The lowest BCUT2D eigenvalue weighted by Gasteiger charge is -2.34. The summed E-state index contributed by atoms with van der Waals surface area (Å²) in [6, 6.07) is 14.3. The van der Waals surface area contributed by atoms with Crippen LogP contribution in [0.4, 0.5) is 5.82 Å². The molecule has 1 aromatic heterocycles.